The number of amides is 1. The van der Waals surface area contributed by atoms with E-state index >= 15 is 0 Å². The van der Waals surface area contributed by atoms with Crippen LogP contribution in [0.2, 0.25) is 0 Å². The number of carbonyl (C=O) groups excluding carboxylic acids is 1. The molecule has 1 aliphatic rings. The highest BCUT2D eigenvalue weighted by atomic mass is 35.5. The molecule has 2 atom stereocenters. The van der Waals surface area contributed by atoms with Crippen LogP contribution in [0.1, 0.15) is 0 Å². The maximum atomic E-state index is 13.0. The number of aliphatic hydroxyl groups excluding tert-OH is 1. The molecule has 9 heteroatoms. The monoisotopic (exact) mass is 352 g/mol. The Balaban J connectivity index is 0.00000264. The van der Waals surface area contributed by atoms with Gasteiger partial charge in [0, 0.05) is 25.7 Å². The molecule has 1 heterocycles. The minimum absolute atomic E-state index is 0. The van der Waals surface area contributed by atoms with Crippen LogP contribution >= 0.6 is 12.4 Å². The second-order valence-electron chi connectivity index (χ2n) is 4.85. The summed E-state index contributed by atoms with van der Waals surface area (Å²) in [4.78, 5) is 11.7. The Morgan fingerprint density at radius 1 is 1.48 bits per heavy atom. The lowest BCUT2D eigenvalue weighted by Gasteiger charge is -2.23. The Morgan fingerprint density at radius 2 is 2.26 bits per heavy atom. The van der Waals surface area contributed by atoms with Gasteiger partial charge in [0.25, 0.3) is 5.91 Å². The van der Waals surface area contributed by atoms with Crippen molar-refractivity contribution in [2.45, 2.75) is 12.2 Å². The summed E-state index contributed by atoms with van der Waals surface area (Å²) in [6.45, 7) is 1.40. The van der Waals surface area contributed by atoms with E-state index in [1.807, 2.05) is 0 Å². The Hall–Kier alpha value is -1.48. The van der Waals surface area contributed by atoms with Gasteiger partial charge in [0.15, 0.2) is 11.6 Å². The standard InChI is InChI=1S/C14H18F2N2O4.ClH/c15-11-2-1-10(5-12(11)16)22-8-9(19)6-18-14(20)13-7-17-3-4-21-13;/h1-2,5,9,13,17,19H,3-4,6-8H2,(H,18,20);1H. The molecule has 0 radical (unpaired) electrons. The van der Waals surface area contributed by atoms with E-state index in [1.165, 1.54) is 6.07 Å². The molecule has 1 saturated heterocycles. The molecule has 1 aromatic carbocycles. The summed E-state index contributed by atoms with van der Waals surface area (Å²) in [7, 11) is 0. The molecule has 6 nitrogen and oxygen atoms in total. The Labute approximate surface area is 138 Å². The minimum atomic E-state index is -1.03. The van der Waals surface area contributed by atoms with Crippen LogP contribution in [0.5, 0.6) is 5.75 Å². The van der Waals surface area contributed by atoms with Crippen LogP contribution in [0.3, 0.4) is 0 Å². The third-order valence-electron chi connectivity index (χ3n) is 3.07. The molecule has 2 unspecified atom stereocenters. The average Bonchev–Trinajstić information content (AvgIpc) is 2.54. The van der Waals surface area contributed by atoms with Crippen LogP contribution in [-0.2, 0) is 9.53 Å². The van der Waals surface area contributed by atoms with Gasteiger partial charge in [-0.25, -0.2) is 8.78 Å². The molecule has 0 aromatic heterocycles. The summed E-state index contributed by atoms with van der Waals surface area (Å²) in [5, 5.41) is 15.3. The van der Waals surface area contributed by atoms with Gasteiger partial charge >= 0.3 is 0 Å². The SMILES string of the molecule is Cl.O=C(NCC(O)COc1ccc(F)c(F)c1)C1CNCCO1. The van der Waals surface area contributed by atoms with Crippen LogP contribution in [0.25, 0.3) is 0 Å². The first-order valence-electron chi connectivity index (χ1n) is 6.92. The number of nitrogens with one attached hydrogen (secondary N) is 2. The largest absolute Gasteiger partial charge is 0.491 e. The number of hydrogen-bond donors (Lipinski definition) is 3. The first-order chi connectivity index (χ1) is 10.6. The predicted octanol–water partition coefficient (Wildman–Crippen LogP) is 0.231. The van der Waals surface area contributed by atoms with Crippen molar-refractivity contribution in [2.24, 2.45) is 0 Å². The summed E-state index contributed by atoms with van der Waals surface area (Å²) in [5.74, 6) is -2.22. The Bertz CT molecular complexity index is 516. The number of aliphatic hydroxyl groups is 1. The van der Waals surface area contributed by atoms with E-state index in [0.717, 1.165) is 12.1 Å². The highest BCUT2D eigenvalue weighted by Gasteiger charge is 2.22. The molecular weight excluding hydrogens is 334 g/mol. The van der Waals surface area contributed by atoms with Gasteiger partial charge in [0.05, 0.1) is 6.61 Å². The van der Waals surface area contributed by atoms with Crippen LogP contribution in [0.4, 0.5) is 8.78 Å². The van der Waals surface area contributed by atoms with Gasteiger partial charge in [0.2, 0.25) is 0 Å². The lowest BCUT2D eigenvalue weighted by molar-refractivity contribution is -0.134. The molecule has 0 saturated carbocycles. The number of rotatable bonds is 6. The fourth-order valence-corrected chi connectivity index (χ4v) is 1.88. The van der Waals surface area contributed by atoms with E-state index in [0.29, 0.717) is 19.7 Å². The number of morpholine rings is 1. The van der Waals surface area contributed by atoms with Crippen molar-refractivity contribution in [3.05, 3.63) is 29.8 Å². The van der Waals surface area contributed by atoms with Gasteiger partial charge in [-0.05, 0) is 12.1 Å². The summed E-state index contributed by atoms with van der Waals surface area (Å²) in [5.41, 5.74) is 0. The zero-order valence-corrected chi connectivity index (χ0v) is 13.1. The maximum absolute atomic E-state index is 13.0. The van der Waals surface area contributed by atoms with Gasteiger partial charge in [-0.15, -0.1) is 12.4 Å². The molecule has 2 rings (SSSR count). The molecule has 0 spiro atoms. The van der Waals surface area contributed by atoms with E-state index in [-0.39, 0.29) is 37.2 Å². The summed E-state index contributed by atoms with van der Waals surface area (Å²) in [6.07, 6.45) is -1.55. The summed E-state index contributed by atoms with van der Waals surface area (Å²) in [6, 6.07) is 3.08. The van der Waals surface area contributed by atoms with E-state index < -0.39 is 23.8 Å². The third kappa shape index (κ3) is 6.26. The molecule has 130 valence electrons. The molecule has 0 aliphatic carbocycles. The normalized spacial score (nSPS) is 18.7. The molecule has 1 amide bonds. The fourth-order valence-electron chi connectivity index (χ4n) is 1.88. The van der Waals surface area contributed by atoms with Gasteiger partial charge < -0.3 is 25.2 Å². The molecular formula is C14H19ClF2N2O4. The van der Waals surface area contributed by atoms with Gasteiger partial charge in [-0.3, -0.25) is 4.79 Å². The minimum Gasteiger partial charge on any atom is -0.491 e. The molecule has 1 aliphatic heterocycles. The van der Waals surface area contributed by atoms with Gasteiger partial charge in [0.1, 0.15) is 24.6 Å². The zero-order valence-electron chi connectivity index (χ0n) is 12.3. The molecule has 1 fully saturated rings. The van der Waals surface area contributed by atoms with Crippen molar-refractivity contribution in [1.82, 2.24) is 10.6 Å². The Morgan fingerprint density at radius 3 is 2.91 bits per heavy atom. The zero-order chi connectivity index (χ0) is 15.9. The number of halogens is 3. The predicted molar refractivity (Wildman–Crippen MR) is 80.7 cm³/mol. The highest BCUT2D eigenvalue weighted by molar-refractivity contribution is 5.85. The Kier molecular flexibility index (Phi) is 8.18. The third-order valence-corrected chi connectivity index (χ3v) is 3.07. The smallest absolute Gasteiger partial charge is 0.250 e. The fraction of sp³-hybridized carbons (Fsp3) is 0.500. The van der Waals surface area contributed by atoms with E-state index in [9.17, 15) is 18.7 Å². The first-order valence-corrected chi connectivity index (χ1v) is 6.92. The van der Waals surface area contributed by atoms with Crippen molar-refractivity contribution >= 4 is 18.3 Å². The second-order valence-corrected chi connectivity index (χ2v) is 4.85. The quantitative estimate of drug-likeness (QED) is 0.683. The topological polar surface area (TPSA) is 79.8 Å². The molecule has 23 heavy (non-hydrogen) atoms. The van der Waals surface area contributed by atoms with E-state index in [1.54, 1.807) is 0 Å². The first kappa shape index (κ1) is 19.6. The molecule has 3 N–H and O–H groups in total. The van der Waals surface area contributed by atoms with Crippen molar-refractivity contribution < 1.29 is 28.2 Å². The molecule has 0 bridgehead atoms. The maximum Gasteiger partial charge on any atom is 0.250 e. The number of hydrogen-bond acceptors (Lipinski definition) is 5. The van der Waals surface area contributed by atoms with Gasteiger partial charge in [-0.1, -0.05) is 0 Å². The van der Waals surface area contributed by atoms with Crippen LogP contribution in [-0.4, -0.2) is 56.1 Å². The van der Waals surface area contributed by atoms with E-state index in [2.05, 4.69) is 10.6 Å². The summed E-state index contributed by atoms with van der Waals surface area (Å²) < 4.78 is 36.1. The average molecular weight is 353 g/mol. The summed E-state index contributed by atoms with van der Waals surface area (Å²) >= 11 is 0. The highest BCUT2D eigenvalue weighted by Crippen LogP contribution is 2.15. The van der Waals surface area contributed by atoms with Gasteiger partial charge in [-0.2, -0.15) is 0 Å². The van der Waals surface area contributed by atoms with Crippen molar-refractivity contribution in [3.63, 3.8) is 0 Å². The lowest BCUT2D eigenvalue weighted by atomic mass is 10.2. The van der Waals surface area contributed by atoms with Crippen LogP contribution in [0, 0.1) is 11.6 Å². The lowest BCUT2D eigenvalue weighted by Crippen LogP contribution is -2.49. The van der Waals surface area contributed by atoms with Crippen molar-refractivity contribution in [3.8, 4) is 5.75 Å². The number of benzene rings is 1. The number of carbonyl (C=O) groups is 1. The number of ether oxygens (including phenoxy) is 2. The van der Waals surface area contributed by atoms with Crippen molar-refractivity contribution in [2.75, 3.05) is 32.8 Å². The van der Waals surface area contributed by atoms with Crippen molar-refractivity contribution in [1.29, 1.82) is 0 Å². The molecule has 1 aromatic rings. The van der Waals surface area contributed by atoms with Crippen LogP contribution in [0.15, 0.2) is 18.2 Å². The second kappa shape index (κ2) is 9.61. The van der Waals surface area contributed by atoms with Crippen LogP contribution < -0.4 is 15.4 Å². The van der Waals surface area contributed by atoms with E-state index in [4.69, 9.17) is 9.47 Å².